The number of aromatic nitrogens is 2. The Morgan fingerprint density at radius 1 is 1.22 bits per heavy atom. The topological polar surface area (TPSA) is 47.0 Å². The summed E-state index contributed by atoms with van der Waals surface area (Å²) in [6.07, 6.45) is 6.86. The van der Waals surface area contributed by atoms with Crippen molar-refractivity contribution in [1.82, 2.24) is 9.97 Å². The first-order chi connectivity index (χ1) is 8.72. The van der Waals surface area contributed by atoms with Crippen LogP contribution >= 0.6 is 0 Å². The average Bonchev–Trinajstić information content (AvgIpc) is 2.38. The van der Waals surface area contributed by atoms with E-state index in [0.29, 0.717) is 11.5 Å². The summed E-state index contributed by atoms with van der Waals surface area (Å²) in [6, 6.07) is 3.81. The molecule has 2 aromatic rings. The van der Waals surface area contributed by atoms with E-state index < -0.39 is 0 Å². The van der Waals surface area contributed by atoms with Crippen molar-refractivity contribution in [2.75, 3.05) is 12.4 Å². The number of rotatable bonds is 4. The van der Waals surface area contributed by atoms with E-state index in [1.807, 2.05) is 26.1 Å². The van der Waals surface area contributed by atoms with Gasteiger partial charge in [0.05, 0.1) is 12.4 Å². The summed E-state index contributed by atoms with van der Waals surface area (Å²) < 4.78 is 5.70. The lowest BCUT2D eigenvalue weighted by Gasteiger charge is -2.09. The Kier molecular flexibility index (Phi) is 3.57. The predicted molar refractivity (Wildman–Crippen MR) is 72.9 cm³/mol. The SMILES string of the molecule is C=Cc1cc(Oc2cncc(C)c2)cnc1NC. The molecule has 0 spiro atoms. The number of anilines is 1. The fourth-order valence-corrected chi connectivity index (χ4v) is 1.60. The first kappa shape index (κ1) is 12.1. The molecule has 4 nitrogen and oxygen atoms in total. The van der Waals surface area contributed by atoms with Gasteiger partial charge in [0, 0.05) is 18.8 Å². The highest BCUT2D eigenvalue weighted by Crippen LogP contribution is 2.24. The number of aryl methyl sites for hydroxylation is 1. The fraction of sp³-hybridized carbons (Fsp3) is 0.143. The summed E-state index contributed by atoms with van der Waals surface area (Å²) in [5.74, 6) is 2.14. The molecule has 92 valence electrons. The van der Waals surface area contributed by atoms with E-state index in [1.165, 1.54) is 0 Å². The molecule has 2 heterocycles. The maximum absolute atomic E-state index is 5.70. The van der Waals surface area contributed by atoms with E-state index in [1.54, 1.807) is 24.7 Å². The molecule has 0 unspecified atom stereocenters. The number of nitrogens with one attached hydrogen (secondary N) is 1. The average molecular weight is 241 g/mol. The van der Waals surface area contributed by atoms with Crippen LogP contribution in [-0.2, 0) is 0 Å². The van der Waals surface area contributed by atoms with Gasteiger partial charge >= 0.3 is 0 Å². The van der Waals surface area contributed by atoms with Gasteiger partial charge in [-0.2, -0.15) is 0 Å². The number of nitrogens with zero attached hydrogens (tertiary/aromatic N) is 2. The van der Waals surface area contributed by atoms with E-state index >= 15 is 0 Å². The van der Waals surface area contributed by atoms with Crippen molar-refractivity contribution in [3.8, 4) is 11.5 Å². The Hall–Kier alpha value is -2.36. The molecule has 2 aromatic heterocycles. The van der Waals surface area contributed by atoms with E-state index in [-0.39, 0.29) is 0 Å². The second kappa shape index (κ2) is 5.31. The Bertz CT molecular complexity index is 567. The van der Waals surface area contributed by atoms with Crippen LogP contribution in [0.2, 0.25) is 0 Å². The lowest BCUT2D eigenvalue weighted by Crippen LogP contribution is -1.96. The van der Waals surface area contributed by atoms with Crippen LogP contribution in [0, 0.1) is 6.92 Å². The number of hydrogen-bond donors (Lipinski definition) is 1. The summed E-state index contributed by atoms with van der Waals surface area (Å²) in [7, 11) is 1.82. The molecule has 0 atom stereocenters. The quantitative estimate of drug-likeness (QED) is 0.892. The normalized spacial score (nSPS) is 9.89. The van der Waals surface area contributed by atoms with Crippen molar-refractivity contribution in [2.45, 2.75) is 6.92 Å². The molecule has 0 aliphatic heterocycles. The molecule has 0 saturated carbocycles. The van der Waals surface area contributed by atoms with Gasteiger partial charge in [0.25, 0.3) is 0 Å². The van der Waals surface area contributed by atoms with E-state index in [9.17, 15) is 0 Å². The monoisotopic (exact) mass is 241 g/mol. The first-order valence-electron chi connectivity index (χ1n) is 5.62. The molecule has 0 aliphatic carbocycles. The molecule has 18 heavy (non-hydrogen) atoms. The predicted octanol–water partition coefficient (Wildman–Crippen LogP) is 3.26. The molecule has 0 saturated heterocycles. The molecule has 0 radical (unpaired) electrons. The highest BCUT2D eigenvalue weighted by molar-refractivity contribution is 5.63. The number of ether oxygens (including phenoxy) is 1. The largest absolute Gasteiger partial charge is 0.454 e. The molecule has 0 aromatic carbocycles. The molecule has 0 fully saturated rings. The Labute approximate surface area is 106 Å². The summed E-state index contributed by atoms with van der Waals surface area (Å²) >= 11 is 0. The summed E-state index contributed by atoms with van der Waals surface area (Å²) in [5.41, 5.74) is 1.95. The van der Waals surface area contributed by atoms with Crippen LogP contribution in [0.5, 0.6) is 11.5 Å². The van der Waals surface area contributed by atoms with Crippen molar-refractivity contribution in [2.24, 2.45) is 0 Å². The fourth-order valence-electron chi connectivity index (χ4n) is 1.60. The van der Waals surface area contributed by atoms with Crippen LogP contribution < -0.4 is 10.1 Å². The summed E-state index contributed by atoms with van der Waals surface area (Å²) in [4.78, 5) is 8.34. The minimum atomic E-state index is 0.663. The molecule has 0 bridgehead atoms. The molecule has 0 amide bonds. The zero-order chi connectivity index (χ0) is 13.0. The highest BCUT2D eigenvalue weighted by atomic mass is 16.5. The Morgan fingerprint density at radius 3 is 2.67 bits per heavy atom. The highest BCUT2D eigenvalue weighted by Gasteiger charge is 2.03. The maximum atomic E-state index is 5.70. The van der Waals surface area contributed by atoms with E-state index in [0.717, 1.165) is 16.9 Å². The van der Waals surface area contributed by atoms with Gasteiger partial charge in [-0.25, -0.2) is 4.98 Å². The minimum Gasteiger partial charge on any atom is -0.454 e. The van der Waals surface area contributed by atoms with Gasteiger partial charge in [-0.3, -0.25) is 4.98 Å². The smallest absolute Gasteiger partial charge is 0.146 e. The summed E-state index contributed by atoms with van der Waals surface area (Å²) in [6.45, 7) is 5.72. The van der Waals surface area contributed by atoms with Crippen LogP contribution in [0.4, 0.5) is 5.82 Å². The summed E-state index contributed by atoms with van der Waals surface area (Å²) in [5, 5.41) is 3.00. The second-order valence-corrected chi connectivity index (χ2v) is 3.86. The number of hydrogen-bond acceptors (Lipinski definition) is 4. The van der Waals surface area contributed by atoms with Crippen molar-refractivity contribution in [1.29, 1.82) is 0 Å². The first-order valence-corrected chi connectivity index (χ1v) is 5.62. The molecule has 0 aliphatic rings. The van der Waals surface area contributed by atoms with Crippen LogP contribution in [0.1, 0.15) is 11.1 Å². The lowest BCUT2D eigenvalue weighted by atomic mass is 10.2. The van der Waals surface area contributed by atoms with Crippen molar-refractivity contribution in [3.63, 3.8) is 0 Å². The molecular weight excluding hydrogens is 226 g/mol. The van der Waals surface area contributed by atoms with Gasteiger partial charge in [-0.05, 0) is 24.6 Å². The zero-order valence-electron chi connectivity index (χ0n) is 10.5. The Morgan fingerprint density at radius 2 is 2.00 bits per heavy atom. The lowest BCUT2D eigenvalue weighted by molar-refractivity contribution is 0.477. The van der Waals surface area contributed by atoms with Gasteiger partial charge in [0.15, 0.2) is 0 Å². The van der Waals surface area contributed by atoms with Gasteiger partial charge in [-0.15, -0.1) is 0 Å². The van der Waals surface area contributed by atoms with Gasteiger partial charge in [0.2, 0.25) is 0 Å². The third kappa shape index (κ3) is 2.66. The van der Waals surface area contributed by atoms with Crippen LogP contribution in [0.15, 0.2) is 37.3 Å². The van der Waals surface area contributed by atoms with E-state index in [2.05, 4.69) is 21.9 Å². The van der Waals surface area contributed by atoms with Crippen LogP contribution in [-0.4, -0.2) is 17.0 Å². The molecule has 1 N–H and O–H groups in total. The number of pyridine rings is 2. The van der Waals surface area contributed by atoms with Crippen molar-refractivity contribution < 1.29 is 4.74 Å². The van der Waals surface area contributed by atoms with Gasteiger partial charge < -0.3 is 10.1 Å². The zero-order valence-corrected chi connectivity index (χ0v) is 10.5. The third-order valence-electron chi connectivity index (χ3n) is 2.43. The van der Waals surface area contributed by atoms with Crippen LogP contribution in [0.25, 0.3) is 6.08 Å². The van der Waals surface area contributed by atoms with Crippen molar-refractivity contribution >= 4 is 11.9 Å². The van der Waals surface area contributed by atoms with Crippen LogP contribution in [0.3, 0.4) is 0 Å². The molecular formula is C14H15N3O. The second-order valence-electron chi connectivity index (χ2n) is 3.86. The van der Waals surface area contributed by atoms with Gasteiger partial charge in [-0.1, -0.05) is 12.7 Å². The molecule has 4 heteroatoms. The van der Waals surface area contributed by atoms with E-state index in [4.69, 9.17) is 4.74 Å². The Balaban J connectivity index is 2.27. The van der Waals surface area contributed by atoms with Crippen molar-refractivity contribution in [3.05, 3.63) is 48.4 Å². The maximum Gasteiger partial charge on any atom is 0.146 e. The standard InChI is InChI=1S/C14H15N3O/c1-4-11-6-13(9-17-14(11)15-3)18-12-5-10(2)7-16-8-12/h4-9H,1H2,2-3H3,(H,15,17). The third-order valence-corrected chi connectivity index (χ3v) is 2.43. The minimum absolute atomic E-state index is 0.663. The molecule has 2 rings (SSSR count). The van der Waals surface area contributed by atoms with Gasteiger partial charge in [0.1, 0.15) is 17.3 Å².